The third-order valence-corrected chi connectivity index (χ3v) is 3.47. The summed E-state index contributed by atoms with van der Waals surface area (Å²) in [5.74, 6) is 0.529. The summed E-state index contributed by atoms with van der Waals surface area (Å²) in [4.78, 5) is 23.8. The van der Waals surface area contributed by atoms with Crippen LogP contribution >= 0.6 is 0 Å². The Morgan fingerprint density at radius 2 is 2.00 bits per heavy atom. The maximum atomic E-state index is 12.1. The maximum Gasteiger partial charge on any atom is 0.254 e. The number of fused-ring (bicyclic) bond motifs is 1. The molecule has 0 spiro atoms. The highest BCUT2D eigenvalue weighted by Gasteiger charge is 2.11. The number of rotatable bonds is 2. The Hall–Kier alpha value is -2.49. The van der Waals surface area contributed by atoms with Crippen LogP contribution in [0.3, 0.4) is 0 Å². The molecule has 0 amide bonds. The molecule has 2 heterocycles. The first kappa shape index (κ1) is 12.5. The molecule has 2 aromatic heterocycles. The van der Waals surface area contributed by atoms with Gasteiger partial charge >= 0.3 is 0 Å². The maximum absolute atomic E-state index is 12.1. The normalized spacial score (nSPS) is 10.9. The van der Waals surface area contributed by atoms with Crippen LogP contribution in [0.2, 0.25) is 0 Å². The molecule has 0 saturated heterocycles. The lowest BCUT2D eigenvalue weighted by atomic mass is 10.1. The molecule has 0 saturated carbocycles. The van der Waals surface area contributed by atoms with Crippen molar-refractivity contribution in [1.29, 1.82) is 0 Å². The second-order valence-corrected chi connectivity index (χ2v) is 4.71. The smallest absolute Gasteiger partial charge is 0.254 e. The van der Waals surface area contributed by atoms with Gasteiger partial charge in [0.1, 0.15) is 5.69 Å². The quantitative estimate of drug-likeness (QED) is 0.775. The predicted molar refractivity (Wildman–Crippen MR) is 79.7 cm³/mol. The topological polar surface area (TPSA) is 58.6 Å². The summed E-state index contributed by atoms with van der Waals surface area (Å²) in [5.41, 5.74) is 2.13. The SMILES string of the molecule is CCc1c(C)nc(-c2nccc3ccccc23)[nH]c1=O. The summed E-state index contributed by atoms with van der Waals surface area (Å²) in [5, 5.41) is 2.07. The minimum absolute atomic E-state index is 0.0789. The molecule has 0 radical (unpaired) electrons. The number of nitrogens with one attached hydrogen (secondary N) is 1. The van der Waals surface area contributed by atoms with E-state index < -0.39 is 0 Å². The van der Waals surface area contributed by atoms with Gasteiger partial charge in [0.2, 0.25) is 0 Å². The second kappa shape index (κ2) is 4.89. The third kappa shape index (κ3) is 1.99. The van der Waals surface area contributed by atoms with E-state index in [0.29, 0.717) is 17.9 Å². The Labute approximate surface area is 116 Å². The molecule has 3 rings (SSSR count). The van der Waals surface area contributed by atoms with Gasteiger partial charge in [0.25, 0.3) is 5.56 Å². The van der Waals surface area contributed by atoms with E-state index in [1.807, 2.05) is 44.2 Å². The van der Waals surface area contributed by atoms with Gasteiger partial charge in [-0.15, -0.1) is 0 Å². The average Bonchev–Trinajstić information content (AvgIpc) is 2.46. The summed E-state index contributed by atoms with van der Waals surface area (Å²) < 4.78 is 0. The van der Waals surface area contributed by atoms with Crippen LogP contribution in [-0.2, 0) is 6.42 Å². The van der Waals surface area contributed by atoms with Crippen molar-refractivity contribution in [3.63, 3.8) is 0 Å². The summed E-state index contributed by atoms with van der Waals surface area (Å²) in [6, 6.07) is 9.89. The number of nitrogens with zero attached hydrogens (tertiary/aromatic N) is 2. The van der Waals surface area contributed by atoms with Crippen LogP contribution in [0.4, 0.5) is 0 Å². The number of aryl methyl sites for hydroxylation is 1. The van der Waals surface area contributed by atoms with Crippen LogP contribution in [0.5, 0.6) is 0 Å². The van der Waals surface area contributed by atoms with Crippen molar-refractivity contribution in [3.8, 4) is 11.5 Å². The number of aromatic amines is 1. The van der Waals surface area contributed by atoms with Crippen LogP contribution in [0.25, 0.3) is 22.3 Å². The van der Waals surface area contributed by atoms with Gasteiger partial charge in [-0.2, -0.15) is 0 Å². The van der Waals surface area contributed by atoms with Crippen molar-refractivity contribution in [2.75, 3.05) is 0 Å². The summed E-state index contributed by atoms with van der Waals surface area (Å²) in [7, 11) is 0. The van der Waals surface area contributed by atoms with E-state index in [0.717, 1.165) is 22.0 Å². The predicted octanol–water partition coefficient (Wildman–Crippen LogP) is 2.86. The summed E-state index contributed by atoms with van der Waals surface area (Å²) in [6.45, 7) is 3.82. The first-order valence-corrected chi connectivity index (χ1v) is 6.64. The van der Waals surface area contributed by atoms with Gasteiger partial charge in [-0.05, 0) is 24.8 Å². The van der Waals surface area contributed by atoms with E-state index in [9.17, 15) is 4.79 Å². The van der Waals surface area contributed by atoms with Crippen LogP contribution in [0, 0.1) is 6.92 Å². The molecule has 0 aliphatic carbocycles. The van der Waals surface area contributed by atoms with Crippen LogP contribution in [0.15, 0.2) is 41.3 Å². The molecule has 20 heavy (non-hydrogen) atoms. The van der Waals surface area contributed by atoms with E-state index >= 15 is 0 Å². The van der Waals surface area contributed by atoms with E-state index in [2.05, 4.69) is 15.0 Å². The number of aromatic nitrogens is 3. The molecular weight excluding hydrogens is 250 g/mol. The van der Waals surface area contributed by atoms with Gasteiger partial charge in [0, 0.05) is 22.8 Å². The molecule has 0 aliphatic heterocycles. The molecule has 4 heteroatoms. The largest absolute Gasteiger partial charge is 0.305 e. The second-order valence-electron chi connectivity index (χ2n) is 4.71. The molecule has 1 aromatic carbocycles. The third-order valence-electron chi connectivity index (χ3n) is 3.47. The number of benzene rings is 1. The highest BCUT2D eigenvalue weighted by atomic mass is 16.1. The zero-order chi connectivity index (χ0) is 14.1. The monoisotopic (exact) mass is 265 g/mol. The van der Waals surface area contributed by atoms with Crippen LogP contribution in [-0.4, -0.2) is 15.0 Å². The molecular formula is C16H15N3O. The summed E-state index contributed by atoms with van der Waals surface area (Å²) >= 11 is 0. The zero-order valence-electron chi connectivity index (χ0n) is 11.5. The van der Waals surface area contributed by atoms with Crippen molar-refractivity contribution in [2.45, 2.75) is 20.3 Å². The van der Waals surface area contributed by atoms with E-state index in [-0.39, 0.29) is 5.56 Å². The zero-order valence-corrected chi connectivity index (χ0v) is 11.5. The van der Waals surface area contributed by atoms with Crippen LogP contribution in [0.1, 0.15) is 18.2 Å². The van der Waals surface area contributed by atoms with Crippen molar-refractivity contribution < 1.29 is 0 Å². The lowest BCUT2D eigenvalue weighted by molar-refractivity contribution is 0.963. The molecule has 3 aromatic rings. The minimum Gasteiger partial charge on any atom is -0.305 e. The van der Waals surface area contributed by atoms with E-state index in [4.69, 9.17) is 0 Å². The Bertz CT molecular complexity index is 831. The van der Waals surface area contributed by atoms with Gasteiger partial charge in [-0.25, -0.2) is 4.98 Å². The fourth-order valence-corrected chi connectivity index (χ4v) is 2.45. The minimum atomic E-state index is -0.0789. The molecule has 100 valence electrons. The van der Waals surface area contributed by atoms with Crippen molar-refractivity contribution in [1.82, 2.24) is 15.0 Å². The van der Waals surface area contributed by atoms with Gasteiger partial charge in [0.15, 0.2) is 5.82 Å². The van der Waals surface area contributed by atoms with Gasteiger partial charge < -0.3 is 4.98 Å². The highest BCUT2D eigenvalue weighted by molar-refractivity contribution is 5.92. The van der Waals surface area contributed by atoms with Crippen molar-refractivity contribution in [3.05, 3.63) is 58.1 Å². The van der Waals surface area contributed by atoms with E-state index in [1.54, 1.807) is 6.20 Å². The Morgan fingerprint density at radius 1 is 1.20 bits per heavy atom. The summed E-state index contributed by atoms with van der Waals surface area (Å²) in [6.07, 6.45) is 2.41. The molecule has 0 aliphatic rings. The van der Waals surface area contributed by atoms with Crippen molar-refractivity contribution >= 4 is 10.8 Å². The fraction of sp³-hybridized carbons (Fsp3) is 0.188. The molecule has 0 fully saturated rings. The van der Waals surface area contributed by atoms with Gasteiger partial charge in [0.05, 0.1) is 0 Å². The Morgan fingerprint density at radius 3 is 2.75 bits per heavy atom. The van der Waals surface area contributed by atoms with Crippen molar-refractivity contribution in [2.24, 2.45) is 0 Å². The Balaban J connectivity index is 2.29. The first-order valence-electron chi connectivity index (χ1n) is 6.64. The number of hydrogen-bond acceptors (Lipinski definition) is 3. The average molecular weight is 265 g/mol. The molecule has 4 nitrogen and oxygen atoms in total. The molecule has 0 bridgehead atoms. The molecule has 0 atom stereocenters. The van der Waals surface area contributed by atoms with Crippen LogP contribution < -0.4 is 5.56 Å². The fourth-order valence-electron chi connectivity index (χ4n) is 2.45. The van der Waals surface area contributed by atoms with E-state index in [1.165, 1.54) is 0 Å². The van der Waals surface area contributed by atoms with Gasteiger partial charge in [-0.3, -0.25) is 9.78 Å². The van der Waals surface area contributed by atoms with Gasteiger partial charge in [-0.1, -0.05) is 31.2 Å². The number of H-pyrrole nitrogens is 1. The molecule has 0 unspecified atom stereocenters. The first-order chi connectivity index (χ1) is 9.70. The Kier molecular flexibility index (Phi) is 3.06. The standard InChI is InChI=1S/C16H15N3O/c1-3-12-10(2)18-15(19-16(12)20)14-13-7-5-4-6-11(13)8-9-17-14/h4-9H,3H2,1-2H3,(H,18,19,20). The molecule has 1 N–H and O–H groups in total. The number of pyridine rings is 1. The highest BCUT2D eigenvalue weighted by Crippen LogP contribution is 2.23. The lowest BCUT2D eigenvalue weighted by Crippen LogP contribution is -2.17. The number of hydrogen-bond donors (Lipinski definition) is 1. The lowest BCUT2D eigenvalue weighted by Gasteiger charge is -2.07.